The highest BCUT2D eigenvalue weighted by Gasteiger charge is 2.19. The van der Waals surface area contributed by atoms with Crippen LogP contribution in [0.25, 0.3) is 0 Å². The Morgan fingerprint density at radius 1 is 1.47 bits per heavy atom. The van der Waals surface area contributed by atoms with E-state index in [-0.39, 0.29) is 5.91 Å². The first-order valence-corrected chi connectivity index (χ1v) is 7.27. The van der Waals surface area contributed by atoms with Gasteiger partial charge in [-0.2, -0.15) is 0 Å². The quantitative estimate of drug-likeness (QED) is 0.842. The van der Waals surface area contributed by atoms with Crippen molar-refractivity contribution < 1.29 is 4.79 Å². The lowest BCUT2D eigenvalue weighted by Gasteiger charge is -2.31. The second-order valence-electron chi connectivity index (χ2n) is 4.87. The molecule has 1 aliphatic rings. The van der Waals surface area contributed by atoms with Crippen LogP contribution in [0.3, 0.4) is 0 Å². The van der Waals surface area contributed by atoms with Crippen molar-refractivity contribution >= 4 is 21.8 Å². The smallest absolute Gasteiger partial charge is 0.231 e. The molecule has 0 saturated carbocycles. The molecule has 0 spiro atoms. The van der Waals surface area contributed by atoms with E-state index in [2.05, 4.69) is 31.1 Å². The summed E-state index contributed by atoms with van der Waals surface area (Å²) >= 11 is 3.37. The highest BCUT2D eigenvalue weighted by Crippen LogP contribution is 2.11. The van der Waals surface area contributed by atoms with Gasteiger partial charge in [0.1, 0.15) is 0 Å². The van der Waals surface area contributed by atoms with Crippen LogP contribution < -0.4 is 11.1 Å². The van der Waals surface area contributed by atoms with Crippen molar-refractivity contribution in [2.24, 2.45) is 5.73 Å². The third kappa shape index (κ3) is 4.89. The molecule has 2 rings (SSSR count). The molecule has 3 N–H and O–H groups in total. The number of nitrogens with zero attached hydrogens (tertiary/aromatic N) is 2. The number of carbonyl (C=O) groups is 1. The molecular formula is C13H19BrN4O. The Kier molecular flexibility index (Phi) is 5.30. The van der Waals surface area contributed by atoms with Crippen LogP contribution in [0.2, 0.25) is 0 Å². The zero-order valence-electron chi connectivity index (χ0n) is 10.8. The minimum absolute atomic E-state index is 0.245. The fourth-order valence-corrected chi connectivity index (χ4v) is 2.51. The standard InChI is InChI=1S/C13H19BrN4O/c14-10-1-2-12(16-7-10)8-17-11-3-5-18(6-4-11)9-13(15)19/h1-2,7,11,17H,3-6,8-9H2,(H2,15,19). The number of rotatable bonds is 5. The summed E-state index contributed by atoms with van der Waals surface area (Å²) in [5.41, 5.74) is 6.24. The van der Waals surface area contributed by atoms with Crippen LogP contribution in [0.5, 0.6) is 0 Å². The van der Waals surface area contributed by atoms with Gasteiger partial charge in [0, 0.05) is 36.3 Å². The number of carbonyl (C=O) groups excluding carboxylic acids is 1. The lowest BCUT2D eigenvalue weighted by molar-refractivity contribution is -0.119. The maximum atomic E-state index is 10.8. The van der Waals surface area contributed by atoms with E-state index in [0.29, 0.717) is 12.6 Å². The van der Waals surface area contributed by atoms with Crippen LogP contribution in [-0.4, -0.2) is 41.5 Å². The van der Waals surface area contributed by atoms with E-state index in [1.807, 2.05) is 18.3 Å². The molecular weight excluding hydrogens is 308 g/mol. The first kappa shape index (κ1) is 14.4. The maximum Gasteiger partial charge on any atom is 0.231 e. The highest BCUT2D eigenvalue weighted by molar-refractivity contribution is 9.10. The topological polar surface area (TPSA) is 71.2 Å². The minimum Gasteiger partial charge on any atom is -0.369 e. The van der Waals surface area contributed by atoms with Gasteiger partial charge in [-0.25, -0.2) is 0 Å². The van der Waals surface area contributed by atoms with Crippen molar-refractivity contribution in [1.82, 2.24) is 15.2 Å². The van der Waals surface area contributed by atoms with E-state index in [4.69, 9.17) is 5.73 Å². The third-order valence-electron chi connectivity index (χ3n) is 3.33. The lowest BCUT2D eigenvalue weighted by atomic mass is 10.0. The highest BCUT2D eigenvalue weighted by atomic mass is 79.9. The second kappa shape index (κ2) is 6.98. The Hall–Kier alpha value is -0.980. The molecule has 2 heterocycles. The van der Waals surface area contributed by atoms with Crippen molar-refractivity contribution in [2.75, 3.05) is 19.6 Å². The van der Waals surface area contributed by atoms with Crippen LogP contribution in [0.15, 0.2) is 22.8 Å². The van der Waals surface area contributed by atoms with Gasteiger partial charge in [-0.15, -0.1) is 0 Å². The Morgan fingerprint density at radius 3 is 2.79 bits per heavy atom. The van der Waals surface area contributed by atoms with E-state index in [1.54, 1.807) is 0 Å². The zero-order valence-corrected chi connectivity index (χ0v) is 12.4. The molecule has 1 fully saturated rings. The molecule has 0 atom stereocenters. The summed E-state index contributed by atoms with van der Waals surface area (Å²) in [5.74, 6) is -0.245. The van der Waals surface area contributed by atoms with Crippen molar-refractivity contribution in [3.8, 4) is 0 Å². The number of likely N-dealkylation sites (tertiary alicyclic amines) is 1. The molecule has 1 aromatic heterocycles. The Bertz CT molecular complexity index is 415. The number of hydrogen-bond donors (Lipinski definition) is 2. The van der Waals surface area contributed by atoms with Crippen LogP contribution >= 0.6 is 15.9 Å². The van der Waals surface area contributed by atoms with E-state index >= 15 is 0 Å². The molecule has 5 nitrogen and oxygen atoms in total. The maximum absolute atomic E-state index is 10.8. The van der Waals surface area contributed by atoms with E-state index in [9.17, 15) is 4.79 Å². The van der Waals surface area contributed by atoms with Gasteiger partial charge >= 0.3 is 0 Å². The molecule has 1 amide bonds. The summed E-state index contributed by atoms with van der Waals surface area (Å²) < 4.78 is 0.996. The molecule has 0 aliphatic carbocycles. The Balaban J connectivity index is 1.71. The van der Waals surface area contributed by atoms with Crippen molar-refractivity contribution in [3.63, 3.8) is 0 Å². The molecule has 0 radical (unpaired) electrons. The fourth-order valence-electron chi connectivity index (χ4n) is 2.28. The number of primary amides is 1. The van der Waals surface area contributed by atoms with E-state index in [0.717, 1.165) is 42.6 Å². The number of aromatic nitrogens is 1. The third-order valence-corrected chi connectivity index (χ3v) is 3.80. The summed E-state index contributed by atoms with van der Waals surface area (Å²) in [4.78, 5) is 17.3. The number of nitrogens with two attached hydrogens (primary N) is 1. The van der Waals surface area contributed by atoms with E-state index in [1.165, 1.54) is 0 Å². The fraction of sp³-hybridized carbons (Fsp3) is 0.538. The molecule has 104 valence electrons. The number of amides is 1. The van der Waals surface area contributed by atoms with Crippen LogP contribution in [0.1, 0.15) is 18.5 Å². The minimum atomic E-state index is -0.245. The number of hydrogen-bond acceptors (Lipinski definition) is 4. The van der Waals surface area contributed by atoms with Crippen molar-refractivity contribution in [2.45, 2.75) is 25.4 Å². The first-order chi connectivity index (χ1) is 9.13. The van der Waals surface area contributed by atoms with Crippen LogP contribution in [-0.2, 0) is 11.3 Å². The van der Waals surface area contributed by atoms with Gasteiger partial charge < -0.3 is 11.1 Å². The van der Waals surface area contributed by atoms with Gasteiger partial charge in [-0.05, 0) is 40.9 Å². The number of nitrogens with one attached hydrogen (secondary N) is 1. The van der Waals surface area contributed by atoms with Gasteiger partial charge in [0.25, 0.3) is 0 Å². The predicted molar refractivity (Wildman–Crippen MR) is 77.4 cm³/mol. The molecule has 1 aliphatic heterocycles. The average molecular weight is 327 g/mol. The largest absolute Gasteiger partial charge is 0.369 e. The zero-order chi connectivity index (χ0) is 13.7. The predicted octanol–water partition coefficient (Wildman–Crippen LogP) is 0.883. The SMILES string of the molecule is NC(=O)CN1CCC(NCc2ccc(Br)cn2)CC1. The van der Waals surface area contributed by atoms with Crippen molar-refractivity contribution in [3.05, 3.63) is 28.5 Å². The van der Waals surface area contributed by atoms with Crippen LogP contribution in [0.4, 0.5) is 0 Å². The second-order valence-corrected chi connectivity index (χ2v) is 5.78. The van der Waals surface area contributed by atoms with Gasteiger partial charge in [0.05, 0.1) is 12.2 Å². The average Bonchev–Trinajstić information content (AvgIpc) is 2.39. The molecule has 0 aromatic carbocycles. The van der Waals surface area contributed by atoms with Gasteiger partial charge in [0.2, 0.25) is 5.91 Å². The lowest BCUT2D eigenvalue weighted by Crippen LogP contribution is -2.45. The summed E-state index contributed by atoms with van der Waals surface area (Å²) in [7, 11) is 0. The van der Waals surface area contributed by atoms with Gasteiger partial charge in [0.15, 0.2) is 0 Å². The van der Waals surface area contributed by atoms with Gasteiger partial charge in [-0.1, -0.05) is 0 Å². The summed E-state index contributed by atoms with van der Waals surface area (Å²) in [6, 6.07) is 4.51. The monoisotopic (exact) mass is 326 g/mol. The summed E-state index contributed by atoms with van der Waals surface area (Å²) in [6.07, 6.45) is 3.90. The Morgan fingerprint density at radius 2 is 2.21 bits per heavy atom. The van der Waals surface area contributed by atoms with Crippen LogP contribution in [0, 0.1) is 0 Å². The molecule has 1 aromatic rings. The first-order valence-electron chi connectivity index (χ1n) is 6.48. The normalized spacial score (nSPS) is 17.5. The number of piperidine rings is 1. The molecule has 0 unspecified atom stereocenters. The molecule has 6 heteroatoms. The van der Waals surface area contributed by atoms with E-state index < -0.39 is 0 Å². The molecule has 0 bridgehead atoms. The molecule has 1 saturated heterocycles. The number of halogens is 1. The molecule has 19 heavy (non-hydrogen) atoms. The number of pyridine rings is 1. The van der Waals surface area contributed by atoms with Gasteiger partial charge in [-0.3, -0.25) is 14.7 Å². The Labute approximate surface area is 121 Å². The van der Waals surface area contributed by atoms with Crippen molar-refractivity contribution in [1.29, 1.82) is 0 Å². The summed E-state index contributed by atoms with van der Waals surface area (Å²) in [6.45, 7) is 3.01. The summed E-state index contributed by atoms with van der Waals surface area (Å²) in [5, 5.41) is 3.51.